The molecule has 0 aromatic carbocycles. The molecule has 2 atom stereocenters. The summed E-state index contributed by atoms with van der Waals surface area (Å²) in [5.74, 6) is -0.932. The van der Waals surface area contributed by atoms with Crippen molar-refractivity contribution < 1.29 is 77.8 Å². The lowest BCUT2D eigenvalue weighted by atomic mass is 10.1. The zero-order valence-electron chi connectivity index (χ0n) is 48.4. The minimum atomic E-state index is -0.837. The number of nitrogens with one attached hydrogen (secondary N) is 2. The Balaban J connectivity index is -0.000000463. The van der Waals surface area contributed by atoms with Crippen molar-refractivity contribution in [2.75, 3.05) is 79.9 Å². The van der Waals surface area contributed by atoms with Crippen molar-refractivity contribution >= 4 is 23.9 Å². The SMILES string of the molecule is CC(C)N(C)CCOC(=O)CCCCCO[N+](=O)[O-].CC(C)NCCOC(=O)CCCCO[N+](=O)[O-].CCC(CCCCC(=O)OCCN(C)C(C)C)O[N+](=O)[O-].CCC(CCCCC(=O)OCCNC(C)C)O[N+](=O)[O-]. The second-order valence-corrected chi connectivity index (χ2v) is 18.8. The summed E-state index contributed by atoms with van der Waals surface area (Å²) in [7, 11) is 3.96. The molecule has 2 N–H and O–H groups in total. The second-order valence-electron chi connectivity index (χ2n) is 18.8. The maximum atomic E-state index is 11.5. The van der Waals surface area contributed by atoms with Crippen molar-refractivity contribution in [2.45, 2.75) is 215 Å². The van der Waals surface area contributed by atoms with Gasteiger partial charge in [0.2, 0.25) is 0 Å². The third-order valence-corrected chi connectivity index (χ3v) is 10.9. The number of ether oxygens (including phenoxy) is 4. The Kier molecular flexibility index (Phi) is 54.6. The molecule has 0 heterocycles. The van der Waals surface area contributed by atoms with Gasteiger partial charge >= 0.3 is 23.9 Å². The van der Waals surface area contributed by atoms with E-state index in [2.05, 4.69) is 67.5 Å². The second kappa shape index (κ2) is 53.9. The third kappa shape index (κ3) is 64.7. The van der Waals surface area contributed by atoms with Crippen LogP contribution in [0.4, 0.5) is 0 Å². The molecule has 0 aliphatic rings. The zero-order chi connectivity index (χ0) is 59.4. The quantitative estimate of drug-likeness (QED) is 0.0203. The maximum Gasteiger partial charge on any atom is 0.305 e. The summed E-state index contributed by atoms with van der Waals surface area (Å²) in [4.78, 5) is 107. The number of unbranched alkanes of at least 4 members (excludes halogenated alkanes) is 5. The first-order chi connectivity index (χ1) is 36.3. The molecule has 454 valence electrons. The number of likely N-dealkylation sites (N-methyl/N-ethyl adjacent to an activating group) is 2. The van der Waals surface area contributed by atoms with Crippen LogP contribution in [0.25, 0.3) is 0 Å². The molecule has 0 bridgehead atoms. The minimum absolute atomic E-state index is 0.0230. The van der Waals surface area contributed by atoms with Crippen LogP contribution < -0.4 is 10.6 Å². The predicted octanol–water partition coefficient (Wildman–Crippen LogP) is 7.04. The van der Waals surface area contributed by atoms with E-state index in [-0.39, 0.29) is 55.7 Å². The Hall–Kier alpha value is -5.48. The summed E-state index contributed by atoms with van der Waals surface area (Å²) >= 11 is 0. The van der Waals surface area contributed by atoms with E-state index in [1.54, 1.807) is 0 Å². The normalized spacial score (nSPS) is 11.5. The molecule has 0 saturated heterocycles. The molecule has 0 fully saturated rings. The van der Waals surface area contributed by atoms with E-state index in [4.69, 9.17) is 18.9 Å². The fraction of sp³-hybridized carbons (Fsp3) is 0.918. The largest absolute Gasteiger partial charge is 0.464 e. The molecule has 28 nitrogen and oxygen atoms in total. The molecule has 0 spiro atoms. The van der Waals surface area contributed by atoms with E-state index in [1.807, 2.05) is 55.6 Å². The summed E-state index contributed by atoms with van der Waals surface area (Å²) in [6.45, 7) is 24.4. The molecule has 0 aromatic rings. The number of rotatable bonds is 45. The first-order valence-electron chi connectivity index (χ1n) is 26.9. The standard InChI is InChI=1S/C14H28N2O5.C13H26N2O5.C12H24N2O5.C10H20N2O5/c1-5-13(21-16(18)19)8-6-7-9-14(17)20-11-10-15(4)12(2)3;1-4-12(20-15(17)18)7-5-6-8-13(16)19-10-9-14-11(2)3;1-11(2)13(3)8-10-18-12(15)7-5-4-6-9-19-14(16)17;1-9(2)11-6-8-16-10(13)5-3-4-7-17-12(14)15/h12-13H,5-11H2,1-4H3;11-12,14H,4-10H2,1-3H3;11H,4-10H2,1-3H3;9,11H,3-8H2,1-2H3. The van der Waals surface area contributed by atoms with Crippen LogP contribution in [0.3, 0.4) is 0 Å². The average molecular weight is 1120 g/mol. The third-order valence-electron chi connectivity index (χ3n) is 10.9. The Morgan fingerprint density at radius 1 is 0.429 bits per heavy atom. The summed E-state index contributed by atoms with van der Waals surface area (Å²) < 4.78 is 20.2. The van der Waals surface area contributed by atoms with Gasteiger partial charge in [-0.25, -0.2) is 0 Å². The molecule has 2 unspecified atom stereocenters. The van der Waals surface area contributed by atoms with Crippen molar-refractivity contribution in [1.29, 1.82) is 0 Å². The molecule has 0 rings (SSSR count). The highest BCUT2D eigenvalue weighted by Gasteiger charge is 2.14. The number of hydrogen-bond acceptors (Lipinski definition) is 24. The van der Waals surface area contributed by atoms with Gasteiger partial charge in [-0.05, 0) is 106 Å². The summed E-state index contributed by atoms with van der Waals surface area (Å²) in [5, 5.41) is 43.2. The molecule has 0 aliphatic carbocycles. The van der Waals surface area contributed by atoms with Gasteiger partial charge in [0, 0.05) is 76.0 Å². The van der Waals surface area contributed by atoms with Crippen LogP contribution in [0.5, 0.6) is 0 Å². The van der Waals surface area contributed by atoms with Crippen LogP contribution in [0.1, 0.15) is 178 Å². The Morgan fingerprint density at radius 3 is 1.01 bits per heavy atom. The lowest BCUT2D eigenvalue weighted by molar-refractivity contribution is -0.768. The van der Waals surface area contributed by atoms with E-state index in [1.165, 1.54) is 0 Å². The lowest BCUT2D eigenvalue weighted by Gasteiger charge is -2.20. The molecule has 28 heteroatoms. The highest BCUT2D eigenvalue weighted by Crippen LogP contribution is 2.12. The van der Waals surface area contributed by atoms with E-state index >= 15 is 0 Å². The number of nitrogens with zero attached hydrogens (tertiary/aromatic N) is 6. The van der Waals surface area contributed by atoms with E-state index in [9.17, 15) is 59.6 Å². The Morgan fingerprint density at radius 2 is 0.727 bits per heavy atom. The van der Waals surface area contributed by atoms with E-state index in [0.29, 0.717) is 160 Å². The average Bonchev–Trinajstić information content (AvgIpc) is 3.34. The Labute approximate surface area is 456 Å². The number of hydrogen-bond donors (Lipinski definition) is 2. The van der Waals surface area contributed by atoms with Crippen molar-refractivity contribution in [1.82, 2.24) is 20.4 Å². The predicted molar refractivity (Wildman–Crippen MR) is 285 cm³/mol. The van der Waals surface area contributed by atoms with Crippen LogP contribution in [0, 0.1) is 40.5 Å². The van der Waals surface area contributed by atoms with Gasteiger partial charge in [-0.1, -0.05) is 60.8 Å². The van der Waals surface area contributed by atoms with Crippen LogP contribution in [-0.2, 0) is 57.5 Å². The monoisotopic (exact) mass is 1120 g/mol. The molecule has 77 heavy (non-hydrogen) atoms. The van der Waals surface area contributed by atoms with E-state index in [0.717, 1.165) is 19.5 Å². The first kappa shape index (κ1) is 78.0. The molecule has 0 aromatic heterocycles. The molecular formula is C49H98N8O20. The summed E-state index contributed by atoms with van der Waals surface area (Å²) in [6.07, 6.45) is 8.61. The van der Waals surface area contributed by atoms with Crippen molar-refractivity contribution in [3.05, 3.63) is 40.5 Å². The van der Waals surface area contributed by atoms with Gasteiger partial charge in [0.05, 0.1) is 13.2 Å². The molecule has 0 saturated carbocycles. The fourth-order valence-corrected chi connectivity index (χ4v) is 5.82. The highest BCUT2D eigenvalue weighted by molar-refractivity contribution is 5.70. The van der Waals surface area contributed by atoms with Gasteiger partial charge in [0.1, 0.15) is 38.6 Å². The zero-order valence-corrected chi connectivity index (χ0v) is 48.4. The van der Waals surface area contributed by atoms with Gasteiger partial charge in [0.25, 0.3) is 20.3 Å². The van der Waals surface area contributed by atoms with Gasteiger partial charge in [-0.15, -0.1) is 40.5 Å². The number of carbonyl (C=O) groups is 4. The smallest absolute Gasteiger partial charge is 0.305 e. The van der Waals surface area contributed by atoms with Gasteiger partial charge in [-0.3, -0.25) is 19.2 Å². The first-order valence-corrected chi connectivity index (χ1v) is 26.9. The summed E-state index contributed by atoms with van der Waals surface area (Å²) in [6, 6.07) is 1.60. The van der Waals surface area contributed by atoms with Crippen LogP contribution in [0.2, 0.25) is 0 Å². The number of esters is 4. The van der Waals surface area contributed by atoms with Crippen molar-refractivity contribution in [3.63, 3.8) is 0 Å². The van der Waals surface area contributed by atoms with Crippen molar-refractivity contribution in [3.8, 4) is 0 Å². The number of carbonyl (C=O) groups excluding carboxylic acids is 4. The van der Waals surface area contributed by atoms with E-state index < -0.39 is 20.3 Å². The maximum absolute atomic E-state index is 11.5. The minimum Gasteiger partial charge on any atom is -0.464 e. The molecule has 0 radical (unpaired) electrons. The van der Waals surface area contributed by atoms with Gasteiger partial charge < -0.3 is 58.7 Å². The Bertz CT molecular complexity index is 1530. The van der Waals surface area contributed by atoms with Crippen LogP contribution in [-0.4, -0.2) is 170 Å². The van der Waals surface area contributed by atoms with Crippen LogP contribution in [0.15, 0.2) is 0 Å². The van der Waals surface area contributed by atoms with Crippen LogP contribution >= 0.6 is 0 Å². The molecule has 0 amide bonds. The fourth-order valence-electron chi connectivity index (χ4n) is 5.82. The lowest BCUT2D eigenvalue weighted by Crippen LogP contribution is -2.30. The summed E-state index contributed by atoms with van der Waals surface area (Å²) in [5.41, 5.74) is 0. The van der Waals surface area contributed by atoms with Gasteiger partial charge in [0.15, 0.2) is 0 Å². The van der Waals surface area contributed by atoms with Crippen molar-refractivity contribution in [2.24, 2.45) is 0 Å². The van der Waals surface area contributed by atoms with Gasteiger partial charge in [-0.2, -0.15) is 0 Å². The topological polar surface area (TPSA) is 345 Å². The molecule has 0 aliphatic heterocycles. The molecular weight excluding hydrogens is 1020 g/mol. The highest BCUT2D eigenvalue weighted by atomic mass is 17.0.